The van der Waals surface area contributed by atoms with Crippen LogP contribution in [0.3, 0.4) is 0 Å². The van der Waals surface area contributed by atoms with Crippen LogP contribution in [0.2, 0.25) is 0 Å². The second-order valence-corrected chi connectivity index (χ2v) is 3.13. The molecule has 0 unspecified atom stereocenters. The van der Waals surface area contributed by atoms with Gasteiger partial charge in [0.1, 0.15) is 0 Å². The molecule has 0 aliphatic heterocycles. The van der Waals surface area contributed by atoms with E-state index in [2.05, 4.69) is 5.32 Å². The number of aliphatic carboxylic acids is 1. The van der Waals surface area contributed by atoms with Gasteiger partial charge in [0.25, 0.3) is 0 Å². The zero-order valence-electron chi connectivity index (χ0n) is 8.92. The number of rotatable bonds is 5. The highest BCUT2D eigenvalue weighted by Crippen LogP contribution is 1.96. The summed E-state index contributed by atoms with van der Waals surface area (Å²) in [5, 5.41) is 20.2. The van der Waals surface area contributed by atoms with Crippen molar-refractivity contribution in [1.29, 1.82) is 0 Å². The topological polar surface area (TPSA) is 69.6 Å². The first kappa shape index (κ1) is 14.9. The van der Waals surface area contributed by atoms with E-state index in [0.29, 0.717) is 13.1 Å². The lowest BCUT2D eigenvalue weighted by Gasteiger charge is -2.16. The van der Waals surface area contributed by atoms with E-state index in [1.807, 2.05) is 13.8 Å². The van der Waals surface area contributed by atoms with Crippen LogP contribution >= 0.6 is 0 Å². The molecular formula is C9H21NO3. The molecule has 0 fully saturated rings. The van der Waals surface area contributed by atoms with Gasteiger partial charge in [0.05, 0.1) is 12.0 Å². The average molecular weight is 191 g/mol. The van der Waals surface area contributed by atoms with Crippen LogP contribution < -0.4 is 5.32 Å². The monoisotopic (exact) mass is 191 g/mol. The van der Waals surface area contributed by atoms with Gasteiger partial charge in [0, 0.05) is 13.1 Å². The number of carboxylic acids is 1. The second kappa shape index (κ2) is 8.01. The molecule has 0 saturated carbocycles. The molecule has 0 rings (SSSR count). The Morgan fingerprint density at radius 2 is 1.85 bits per heavy atom. The molecule has 0 heterocycles. The number of carbonyl (C=O) groups is 1. The van der Waals surface area contributed by atoms with Gasteiger partial charge in [0.2, 0.25) is 0 Å². The average Bonchev–Trinajstić information content (AvgIpc) is 2.00. The van der Waals surface area contributed by atoms with Gasteiger partial charge < -0.3 is 15.5 Å². The Hall–Kier alpha value is -0.610. The third-order valence-corrected chi connectivity index (χ3v) is 1.07. The van der Waals surface area contributed by atoms with Gasteiger partial charge in [0.15, 0.2) is 0 Å². The smallest absolute Gasteiger partial charge is 0.304 e. The quantitative estimate of drug-likeness (QED) is 0.563. The summed E-state index contributed by atoms with van der Waals surface area (Å²) in [6.07, 6.45) is 0.0933. The zero-order valence-corrected chi connectivity index (χ0v) is 8.92. The maximum Gasteiger partial charge on any atom is 0.304 e. The van der Waals surface area contributed by atoms with Crippen molar-refractivity contribution in [3.63, 3.8) is 0 Å². The summed E-state index contributed by atoms with van der Waals surface area (Å²) in [6, 6.07) is 0. The molecule has 0 spiro atoms. The number of nitrogens with one attached hydrogen (secondary N) is 1. The van der Waals surface area contributed by atoms with E-state index in [-0.39, 0.29) is 6.42 Å². The van der Waals surface area contributed by atoms with E-state index < -0.39 is 11.6 Å². The predicted molar refractivity (Wildman–Crippen MR) is 52.8 cm³/mol. The lowest BCUT2D eigenvalue weighted by atomic mass is 10.1. The summed E-state index contributed by atoms with van der Waals surface area (Å²) in [5.74, 6) is -0.826. The van der Waals surface area contributed by atoms with Crippen molar-refractivity contribution in [2.24, 2.45) is 0 Å². The van der Waals surface area contributed by atoms with Crippen LogP contribution in [-0.2, 0) is 4.79 Å². The van der Waals surface area contributed by atoms with Crippen LogP contribution in [0.5, 0.6) is 0 Å². The predicted octanol–water partition coefficient (Wildman–Crippen LogP) is 0.848. The summed E-state index contributed by atoms with van der Waals surface area (Å²) >= 11 is 0. The van der Waals surface area contributed by atoms with Gasteiger partial charge in [-0.15, -0.1) is 0 Å². The molecule has 13 heavy (non-hydrogen) atoms. The number of hydrogen-bond acceptors (Lipinski definition) is 3. The highest BCUT2D eigenvalue weighted by molar-refractivity contribution is 5.66. The Kier molecular flexibility index (Phi) is 9.17. The van der Waals surface area contributed by atoms with E-state index in [0.717, 1.165) is 0 Å². The fourth-order valence-corrected chi connectivity index (χ4v) is 0.590. The Balaban J connectivity index is 0. The van der Waals surface area contributed by atoms with Crippen molar-refractivity contribution in [2.75, 3.05) is 13.1 Å². The highest BCUT2D eigenvalue weighted by Gasteiger charge is 2.10. The fraction of sp³-hybridized carbons (Fsp3) is 0.889. The van der Waals surface area contributed by atoms with Gasteiger partial charge >= 0.3 is 5.97 Å². The Morgan fingerprint density at radius 3 is 2.15 bits per heavy atom. The molecule has 0 aromatic carbocycles. The van der Waals surface area contributed by atoms with E-state index in [1.54, 1.807) is 13.8 Å². The molecule has 0 aromatic heterocycles. The molecule has 0 aliphatic rings. The molecular weight excluding hydrogens is 170 g/mol. The fourth-order valence-electron chi connectivity index (χ4n) is 0.590. The SMILES string of the molecule is CC.CC(C)(O)CNCCC(=O)O. The molecule has 80 valence electrons. The third-order valence-electron chi connectivity index (χ3n) is 1.07. The second-order valence-electron chi connectivity index (χ2n) is 3.13. The molecule has 0 saturated heterocycles. The third kappa shape index (κ3) is 18.4. The van der Waals surface area contributed by atoms with Gasteiger partial charge in [-0.25, -0.2) is 0 Å². The first-order valence-electron chi connectivity index (χ1n) is 4.57. The van der Waals surface area contributed by atoms with Crippen molar-refractivity contribution in [1.82, 2.24) is 5.32 Å². The molecule has 0 amide bonds. The first-order valence-corrected chi connectivity index (χ1v) is 4.57. The molecule has 0 aliphatic carbocycles. The summed E-state index contributed by atoms with van der Waals surface area (Å²) in [6.45, 7) is 8.15. The van der Waals surface area contributed by atoms with Gasteiger partial charge in [-0.05, 0) is 13.8 Å². The highest BCUT2D eigenvalue weighted by atomic mass is 16.4. The molecule has 4 nitrogen and oxygen atoms in total. The minimum Gasteiger partial charge on any atom is -0.481 e. The zero-order chi connectivity index (χ0) is 10.9. The van der Waals surface area contributed by atoms with Crippen LogP contribution in [0.1, 0.15) is 34.1 Å². The normalized spacial score (nSPS) is 10.2. The molecule has 3 N–H and O–H groups in total. The van der Waals surface area contributed by atoms with Crippen LogP contribution in [0, 0.1) is 0 Å². The minimum absolute atomic E-state index is 0.0933. The Labute approximate surface area is 80.0 Å². The van der Waals surface area contributed by atoms with Crippen molar-refractivity contribution in [2.45, 2.75) is 39.7 Å². The van der Waals surface area contributed by atoms with Crippen LogP contribution in [0.25, 0.3) is 0 Å². The van der Waals surface area contributed by atoms with Gasteiger partial charge in [-0.3, -0.25) is 4.79 Å². The number of hydrogen-bond donors (Lipinski definition) is 3. The molecule has 0 radical (unpaired) electrons. The number of aliphatic hydroxyl groups is 1. The first-order chi connectivity index (χ1) is 5.92. The van der Waals surface area contributed by atoms with Crippen LogP contribution in [-0.4, -0.2) is 34.9 Å². The lowest BCUT2D eigenvalue weighted by Crippen LogP contribution is -2.35. The summed E-state index contributed by atoms with van der Waals surface area (Å²) in [4.78, 5) is 10.0. The molecule has 0 bridgehead atoms. The largest absolute Gasteiger partial charge is 0.481 e. The van der Waals surface area contributed by atoms with Crippen molar-refractivity contribution < 1.29 is 15.0 Å². The van der Waals surface area contributed by atoms with Gasteiger partial charge in [-0.2, -0.15) is 0 Å². The van der Waals surface area contributed by atoms with E-state index >= 15 is 0 Å². The maximum atomic E-state index is 10.0. The van der Waals surface area contributed by atoms with Crippen LogP contribution in [0.15, 0.2) is 0 Å². The summed E-state index contributed by atoms with van der Waals surface area (Å²) in [5.41, 5.74) is -0.765. The van der Waals surface area contributed by atoms with E-state index in [1.165, 1.54) is 0 Å². The van der Waals surface area contributed by atoms with Crippen LogP contribution in [0.4, 0.5) is 0 Å². The molecule has 4 heteroatoms. The standard InChI is InChI=1S/C7H15NO3.C2H6/c1-7(2,11)5-8-4-3-6(9)10;1-2/h8,11H,3-5H2,1-2H3,(H,9,10);1-2H3. The summed E-state index contributed by atoms with van der Waals surface area (Å²) in [7, 11) is 0. The molecule has 0 aromatic rings. The van der Waals surface area contributed by atoms with Crippen molar-refractivity contribution >= 4 is 5.97 Å². The van der Waals surface area contributed by atoms with Crippen molar-refractivity contribution in [3.8, 4) is 0 Å². The summed E-state index contributed by atoms with van der Waals surface area (Å²) < 4.78 is 0. The van der Waals surface area contributed by atoms with E-state index in [9.17, 15) is 9.90 Å². The number of carboxylic acid groups (broad SMARTS) is 1. The Bertz CT molecular complexity index is 129. The van der Waals surface area contributed by atoms with E-state index in [4.69, 9.17) is 5.11 Å². The lowest BCUT2D eigenvalue weighted by molar-refractivity contribution is -0.136. The van der Waals surface area contributed by atoms with Crippen molar-refractivity contribution in [3.05, 3.63) is 0 Å². The Morgan fingerprint density at radius 1 is 1.38 bits per heavy atom. The minimum atomic E-state index is -0.826. The van der Waals surface area contributed by atoms with Gasteiger partial charge in [-0.1, -0.05) is 13.8 Å². The maximum absolute atomic E-state index is 10.0. The molecule has 0 atom stereocenters.